The molecule has 1 aliphatic heterocycles. The van der Waals surface area contributed by atoms with Gasteiger partial charge in [0.2, 0.25) is 16.8 Å². The lowest BCUT2D eigenvalue weighted by Gasteiger charge is -2.24. The number of rotatable bonds is 6. The Morgan fingerprint density at radius 1 is 1.23 bits per heavy atom. The van der Waals surface area contributed by atoms with Crippen molar-refractivity contribution in [3.63, 3.8) is 0 Å². The maximum Gasteiger partial charge on any atom is 0.240 e. The molecule has 0 aromatic heterocycles. The normalized spacial score (nSPS) is 15.5. The van der Waals surface area contributed by atoms with Gasteiger partial charge in [0.25, 0.3) is 0 Å². The molecule has 2 N–H and O–H groups in total. The molecule has 140 valence electrons. The van der Waals surface area contributed by atoms with Crippen molar-refractivity contribution in [3.8, 4) is 17.2 Å². The van der Waals surface area contributed by atoms with E-state index in [2.05, 4.69) is 4.72 Å². The number of methoxy groups -OCH3 is 1. The van der Waals surface area contributed by atoms with Gasteiger partial charge in [0.1, 0.15) is 11.4 Å². The number of ether oxygens (including phenoxy) is 3. The fraction of sp³-hybridized carbons (Fsp3) is 0.294. The minimum Gasteiger partial charge on any atom is -0.495 e. The number of fused-ring (bicyclic) bond motifs is 1. The third-order valence-corrected chi connectivity index (χ3v) is 5.73. The van der Waals surface area contributed by atoms with E-state index in [9.17, 15) is 13.5 Å². The Labute approximate surface area is 156 Å². The molecule has 0 saturated carbocycles. The largest absolute Gasteiger partial charge is 0.495 e. The number of sulfonamides is 1. The van der Waals surface area contributed by atoms with E-state index >= 15 is 0 Å². The molecule has 9 heteroatoms. The van der Waals surface area contributed by atoms with Crippen molar-refractivity contribution in [1.82, 2.24) is 4.72 Å². The summed E-state index contributed by atoms with van der Waals surface area (Å²) in [5.74, 6) is 1.46. The predicted octanol–water partition coefficient (Wildman–Crippen LogP) is 2.26. The van der Waals surface area contributed by atoms with E-state index in [1.54, 1.807) is 18.2 Å². The fourth-order valence-corrected chi connectivity index (χ4v) is 3.95. The van der Waals surface area contributed by atoms with Crippen LogP contribution in [0.15, 0.2) is 41.3 Å². The predicted molar refractivity (Wildman–Crippen MR) is 95.3 cm³/mol. The van der Waals surface area contributed by atoms with E-state index in [4.69, 9.17) is 25.8 Å². The Morgan fingerprint density at radius 2 is 1.96 bits per heavy atom. The van der Waals surface area contributed by atoms with Crippen LogP contribution in [0.25, 0.3) is 0 Å². The maximum absolute atomic E-state index is 12.5. The van der Waals surface area contributed by atoms with Crippen molar-refractivity contribution in [3.05, 3.63) is 47.0 Å². The van der Waals surface area contributed by atoms with Gasteiger partial charge in [0.05, 0.1) is 17.0 Å². The van der Waals surface area contributed by atoms with Crippen LogP contribution in [0.5, 0.6) is 17.2 Å². The van der Waals surface area contributed by atoms with Crippen molar-refractivity contribution in [2.75, 3.05) is 20.4 Å². The zero-order valence-electron chi connectivity index (χ0n) is 14.2. The molecule has 2 aromatic rings. The van der Waals surface area contributed by atoms with E-state index in [0.717, 1.165) is 0 Å². The fourth-order valence-electron chi connectivity index (χ4n) is 2.47. The van der Waals surface area contributed by atoms with E-state index in [1.807, 2.05) is 0 Å². The first kappa shape index (κ1) is 18.8. The van der Waals surface area contributed by atoms with Crippen LogP contribution in [-0.2, 0) is 15.6 Å². The standard InChI is InChI=1S/C17H18ClNO6S/c1-17(20,11-3-5-15-16(7-11)25-10-24-15)9-19-26(21,22)12-4-6-14(23-2)13(18)8-12/h3-8,19-20H,9-10H2,1-2H3/t17-/m0/s1. The molecule has 7 nitrogen and oxygen atoms in total. The molecule has 0 bridgehead atoms. The Morgan fingerprint density at radius 3 is 2.65 bits per heavy atom. The highest BCUT2D eigenvalue weighted by Crippen LogP contribution is 2.35. The second kappa shape index (κ2) is 6.96. The van der Waals surface area contributed by atoms with Crippen molar-refractivity contribution < 1.29 is 27.7 Å². The van der Waals surface area contributed by atoms with Crippen molar-refractivity contribution in [2.24, 2.45) is 0 Å². The van der Waals surface area contributed by atoms with Gasteiger partial charge < -0.3 is 19.3 Å². The van der Waals surface area contributed by atoms with Gasteiger partial charge in [0.15, 0.2) is 11.5 Å². The minimum atomic E-state index is -3.87. The van der Waals surface area contributed by atoms with Crippen molar-refractivity contribution in [1.29, 1.82) is 0 Å². The first-order valence-corrected chi connectivity index (χ1v) is 9.55. The minimum absolute atomic E-state index is 0.0233. The molecule has 3 rings (SSSR count). The summed E-state index contributed by atoms with van der Waals surface area (Å²) in [6, 6.07) is 9.09. The van der Waals surface area contributed by atoms with Crippen molar-refractivity contribution in [2.45, 2.75) is 17.4 Å². The summed E-state index contributed by atoms with van der Waals surface area (Å²) in [5.41, 5.74) is -0.957. The second-order valence-electron chi connectivity index (χ2n) is 5.96. The zero-order chi connectivity index (χ0) is 18.9. The quantitative estimate of drug-likeness (QED) is 0.773. The molecule has 0 amide bonds. The van der Waals surface area contributed by atoms with E-state index in [-0.39, 0.29) is 23.3 Å². The Bertz CT molecular complexity index is 929. The molecule has 0 aliphatic carbocycles. The number of hydrogen-bond acceptors (Lipinski definition) is 6. The second-order valence-corrected chi connectivity index (χ2v) is 8.14. The van der Waals surface area contributed by atoms with Gasteiger partial charge >= 0.3 is 0 Å². The number of benzene rings is 2. The number of nitrogens with one attached hydrogen (secondary N) is 1. The molecule has 1 atom stereocenters. The summed E-state index contributed by atoms with van der Waals surface area (Å²) in [5, 5.41) is 10.9. The third kappa shape index (κ3) is 3.73. The summed E-state index contributed by atoms with van der Waals surface area (Å²) < 4.78 is 42.9. The molecule has 0 spiro atoms. The lowest BCUT2D eigenvalue weighted by molar-refractivity contribution is 0.0625. The summed E-state index contributed by atoms with van der Waals surface area (Å²) in [6.07, 6.45) is 0. The highest BCUT2D eigenvalue weighted by atomic mass is 35.5. The van der Waals surface area contributed by atoms with Crippen LogP contribution in [0.3, 0.4) is 0 Å². The van der Waals surface area contributed by atoms with Gasteiger partial charge in [-0.25, -0.2) is 13.1 Å². The smallest absolute Gasteiger partial charge is 0.240 e. The first-order valence-electron chi connectivity index (χ1n) is 7.69. The molecule has 0 fully saturated rings. The van der Waals surface area contributed by atoms with Crippen LogP contribution in [0.4, 0.5) is 0 Å². The zero-order valence-corrected chi connectivity index (χ0v) is 15.7. The maximum atomic E-state index is 12.5. The summed E-state index contributed by atoms with van der Waals surface area (Å²) >= 11 is 5.98. The van der Waals surface area contributed by atoms with Crippen LogP contribution < -0.4 is 18.9 Å². The molecule has 2 aromatic carbocycles. The van der Waals surface area contributed by atoms with Gasteiger partial charge in [-0.3, -0.25) is 0 Å². The van der Waals surface area contributed by atoms with Gasteiger partial charge in [-0.15, -0.1) is 0 Å². The van der Waals surface area contributed by atoms with E-state index < -0.39 is 15.6 Å². The van der Waals surface area contributed by atoms with Crippen LogP contribution in [-0.4, -0.2) is 34.0 Å². The van der Waals surface area contributed by atoms with Gasteiger partial charge in [-0.2, -0.15) is 0 Å². The van der Waals surface area contributed by atoms with Crippen LogP contribution in [0, 0.1) is 0 Å². The summed E-state index contributed by atoms with van der Waals surface area (Å²) in [6.45, 7) is 1.39. The summed E-state index contributed by atoms with van der Waals surface area (Å²) in [4.78, 5) is -0.0233. The lowest BCUT2D eigenvalue weighted by Crippen LogP contribution is -2.38. The molecule has 26 heavy (non-hydrogen) atoms. The Kier molecular flexibility index (Phi) is 5.03. The average molecular weight is 400 g/mol. The number of halogens is 1. The van der Waals surface area contributed by atoms with Crippen LogP contribution >= 0.6 is 11.6 Å². The van der Waals surface area contributed by atoms with Crippen molar-refractivity contribution >= 4 is 21.6 Å². The first-order chi connectivity index (χ1) is 12.2. The molecule has 1 heterocycles. The molecular weight excluding hydrogens is 382 g/mol. The molecule has 0 unspecified atom stereocenters. The Hall–Kier alpha value is -2.00. The van der Waals surface area contributed by atoms with Gasteiger partial charge in [0, 0.05) is 6.54 Å². The highest BCUT2D eigenvalue weighted by molar-refractivity contribution is 7.89. The number of aliphatic hydroxyl groups is 1. The topological polar surface area (TPSA) is 94.1 Å². The van der Waals surface area contributed by atoms with E-state index in [1.165, 1.54) is 32.2 Å². The monoisotopic (exact) mass is 399 g/mol. The van der Waals surface area contributed by atoms with Crippen LogP contribution in [0.2, 0.25) is 5.02 Å². The van der Waals surface area contributed by atoms with E-state index in [0.29, 0.717) is 22.8 Å². The molecule has 1 aliphatic rings. The lowest BCUT2D eigenvalue weighted by atomic mass is 9.96. The number of hydrogen-bond donors (Lipinski definition) is 2. The summed E-state index contributed by atoms with van der Waals surface area (Å²) in [7, 11) is -2.43. The molecule has 0 radical (unpaired) electrons. The Balaban J connectivity index is 1.77. The average Bonchev–Trinajstić information content (AvgIpc) is 3.08. The molecule has 0 saturated heterocycles. The van der Waals surface area contributed by atoms with Crippen LogP contribution in [0.1, 0.15) is 12.5 Å². The third-order valence-electron chi connectivity index (χ3n) is 4.03. The SMILES string of the molecule is COc1ccc(S(=O)(=O)NC[C@](C)(O)c2ccc3c(c2)OCO3)cc1Cl. The molecular formula is C17H18ClNO6S. The van der Waals surface area contributed by atoms with Gasteiger partial charge in [-0.05, 0) is 42.8 Å². The van der Waals surface area contributed by atoms with Gasteiger partial charge in [-0.1, -0.05) is 17.7 Å². The highest BCUT2D eigenvalue weighted by Gasteiger charge is 2.28.